The van der Waals surface area contributed by atoms with Crippen molar-refractivity contribution in [1.82, 2.24) is 0 Å². The Kier molecular flexibility index (Phi) is 3.38. The van der Waals surface area contributed by atoms with Gasteiger partial charge in [-0.3, -0.25) is 0 Å². The molecule has 1 aliphatic rings. The van der Waals surface area contributed by atoms with Gasteiger partial charge in [0.2, 0.25) is 9.05 Å². The minimum absolute atomic E-state index is 0.0533. The van der Waals surface area contributed by atoms with Gasteiger partial charge in [0.05, 0.1) is 5.75 Å². The number of rotatable bonds is 3. The molecule has 0 N–H and O–H groups in total. The maximum atomic E-state index is 10.9. The SMILES string of the molecule is O=S(=O)(Cl)CCc1csc2c1CCCC2. The van der Waals surface area contributed by atoms with Crippen molar-refractivity contribution in [3.63, 3.8) is 0 Å². The first kappa shape index (κ1) is 11.4. The molecule has 0 fully saturated rings. The Balaban J connectivity index is 2.12. The van der Waals surface area contributed by atoms with Gasteiger partial charge in [0, 0.05) is 15.6 Å². The molecule has 1 aliphatic carbocycles. The lowest BCUT2D eigenvalue weighted by atomic mass is 9.95. The van der Waals surface area contributed by atoms with E-state index in [1.165, 1.54) is 28.8 Å². The van der Waals surface area contributed by atoms with Crippen LogP contribution in [0, 0.1) is 0 Å². The molecule has 0 aromatic carbocycles. The van der Waals surface area contributed by atoms with Crippen molar-refractivity contribution in [3.05, 3.63) is 21.4 Å². The lowest BCUT2D eigenvalue weighted by Crippen LogP contribution is -2.05. The molecular formula is C10H13ClO2S2. The van der Waals surface area contributed by atoms with Gasteiger partial charge in [-0.2, -0.15) is 0 Å². The Morgan fingerprint density at radius 1 is 1.33 bits per heavy atom. The summed E-state index contributed by atoms with van der Waals surface area (Å²) in [7, 11) is 1.86. The van der Waals surface area contributed by atoms with Crippen LogP contribution in [0.15, 0.2) is 5.38 Å². The highest BCUT2D eigenvalue weighted by Crippen LogP contribution is 2.30. The van der Waals surface area contributed by atoms with Crippen molar-refractivity contribution in [2.24, 2.45) is 0 Å². The first-order valence-corrected chi connectivity index (χ1v) is 8.42. The van der Waals surface area contributed by atoms with Crippen LogP contribution >= 0.6 is 22.0 Å². The number of thiophene rings is 1. The van der Waals surface area contributed by atoms with Crippen LogP contribution in [0.1, 0.15) is 28.8 Å². The van der Waals surface area contributed by atoms with E-state index in [0.717, 1.165) is 12.8 Å². The highest BCUT2D eigenvalue weighted by Gasteiger charge is 2.16. The zero-order valence-corrected chi connectivity index (χ0v) is 10.7. The summed E-state index contributed by atoms with van der Waals surface area (Å²) >= 11 is 1.76. The first-order chi connectivity index (χ1) is 7.06. The van der Waals surface area contributed by atoms with E-state index in [1.54, 1.807) is 11.3 Å². The molecule has 0 saturated carbocycles. The van der Waals surface area contributed by atoms with Gasteiger partial charge in [0.15, 0.2) is 0 Å². The highest BCUT2D eigenvalue weighted by molar-refractivity contribution is 8.13. The fourth-order valence-corrected chi connectivity index (χ4v) is 3.88. The minimum Gasteiger partial charge on any atom is -0.212 e. The minimum atomic E-state index is -3.35. The number of hydrogen-bond acceptors (Lipinski definition) is 3. The second-order valence-corrected chi connectivity index (χ2v) is 7.72. The summed E-state index contributed by atoms with van der Waals surface area (Å²) in [5, 5.41) is 2.10. The third-order valence-electron chi connectivity index (χ3n) is 2.76. The van der Waals surface area contributed by atoms with Crippen LogP contribution < -0.4 is 0 Å². The Hall–Kier alpha value is -0.0600. The molecular weight excluding hydrogens is 252 g/mol. The van der Waals surface area contributed by atoms with E-state index in [2.05, 4.69) is 5.38 Å². The molecule has 0 atom stereocenters. The maximum absolute atomic E-state index is 10.9. The molecule has 15 heavy (non-hydrogen) atoms. The lowest BCUT2D eigenvalue weighted by Gasteiger charge is -2.12. The van der Waals surface area contributed by atoms with Crippen molar-refractivity contribution >= 4 is 31.1 Å². The standard InChI is InChI=1S/C10H13ClO2S2/c11-15(12,13)6-5-8-7-14-10-4-2-1-3-9(8)10/h7H,1-6H2. The van der Waals surface area contributed by atoms with Crippen LogP contribution in [0.3, 0.4) is 0 Å². The molecule has 0 bridgehead atoms. The maximum Gasteiger partial charge on any atom is 0.232 e. The smallest absolute Gasteiger partial charge is 0.212 e. The van der Waals surface area contributed by atoms with Gasteiger partial charge in [0.25, 0.3) is 0 Å². The van der Waals surface area contributed by atoms with Crippen molar-refractivity contribution < 1.29 is 8.42 Å². The molecule has 84 valence electrons. The molecule has 5 heteroatoms. The molecule has 0 unspecified atom stereocenters. The zero-order valence-electron chi connectivity index (χ0n) is 8.33. The van der Waals surface area contributed by atoms with Gasteiger partial charge in [0.1, 0.15) is 0 Å². The second kappa shape index (κ2) is 4.44. The van der Waals surface area contributed by atoms with Crippen molar-refractivity contribution in [2.75, 3.05) is 5.75 Å². The summed E-state index contributed by atoms with van der Waals surface area (Å²) in [5.74, 6) is 0.0533. The number of halogens is 1. The van der Waals surface area contributed by atoms with E-state index in [9.17, 15) is 8.42 Å². The molecule has 2 rings (SSSR count). The summed E-state index contributed by atoms with van der Waals surface area (Å²) < 4.78 is 21.7. The van der Waals surface area contributed by atoms with Gasteiger partial charge in [-0.05, 0) is 48.6 Å². The van der Waals surface area contributed by atoms with Crippen molar-refractivity contribution in [1.29, 1.82) is 0 Å². The summed E-state index contributed by atoms with van der Waals surface area (Å²) in [6.45, 7) is 0. The Morgan fingerprint density at radius 3 is 2.80 bits per heavy atom. The molecule has 0 spiro atoms. The third kappa shape index (κ3) is 2.95. The topological polar surface area (TPSA) is 34.1 Å². The van der Waals surface area contributed by atoms with Crippen molar-refractivity contribution in [3.8, 4) is 0 Å². The lowest BCUT2D eigenvalue weighted by molar-refractivity contribution is 0.608. The summed E-state index contributed by atoms with van der Waals surface area (Å²) in [5.41, 5.74) is 2.59. The molecule has 0 radical (unpaired) electrons. The first-order valence-electron chi connectivity index (χ1n) is 5.07. The molecule has 0 aliphatic heterocycles. The van der Waals surface area contributed by atoms with Gasteiger partial charge in [-0.25, -0.2) is 8.42 Å². The van der Waals surface area contributed by atoms with Crippen LogP contribution in [0.5, 0.6) is 0 Å². The summed E-state index contributed by atoms with van der Waals surface area (Å²) in [6.07, 6.45) is 5.33. The van der Waals surface area contributed by atoms with E-state index < -0.39 is 9.05 Å². The average molecular weight is 265 g/mol. The van der Waals surface area contributed by atoms with Crippen LogP contribution in [0.4, 0.5) is 0 Å². The van der Waals surface area contributed by atoms with E-state index in [4.69, 9.17) is 10.7 Å². The van der Waals surface area contributed by atoms with Crippen LogP contribution in [-0.4, -0.2) is 14.2 Å². The number of fused-ring (bicyclic) bond motifs is 1. The summed E-state index contributed by atoms with van der Waals surface area (Å²) in [6, 6.07) is 0. The Labute approximate surface area is 98.7 Å². The van der Waals surface area contributed by atoms with Crippen LogP contribution in [0.25, 0.3) is 0 Å². The van der Waals surface area contributed by atoms with Gasteiger partial charge in [-0.1, -0.05) is 0 Å². The Bertz CT molecular complexity index is 448. The van der Waals surface area contributed by atoms with Gasteiger partial charge < -0.3 is 0 Å². The van der Waals surface area contributed by atoms with E-state index >= 15 is 0 Å². The second-order valence-electron chi connectivity index (χ2n) is 3.86. The highest BCUT2D eigenvalue weighted by atomic mass is 35.7. The monoisotopic (exact) mass is 264 g/mol. The molecule has 1 aromatic heterocycles. The Morgan fingerprint density at radius 2 is 2.07 bits per heavy atom. The van der Waals surface area contributed by atoms with Gasteiger partial charge >= 0.3 is 0 Å². The fourth-order valence-electron chi connectivity index (χ4n) is 2.00. The number of aryl methyl sites for hydroxylation is 2. The quantitative estimate of drug-likeness (QED) is 0.787. The van der Waals surface area contributed by atoms with Crippen molar-refractivity contribution in [2.45, 2.75) is 32.1 Å². The zero-order chi connectivity index (χ0) is 10.9. The average Bonchev–Trinajstić information content (AvgIpc) is 2.57. The largest absolute Gasteiger partial charge is 0.232 e. The van der Waals surface area contributed by atoms with Gasteiger partial charge in [-0.15, -0.1) is 11.3 Å². The predicted molar refractivity (Wildman–Crippen MR) is 64.3 cm³/mol. The fraction of sp³-hybridized carbons (Fsp3) is 0.600. The van der Waals surface area contributed by atoms with E-state index in [-0.39, 0.29) is 5.75 Å². The predicted octanol–water partition coefficient (Wildman–Crippen LogP) is 2.74. The molecule has 0 amide bonds. The summed E-state index contributed by atoms with van der Waals surface area (Å²) in [4.78, 5) is 1.45. The molecule has 1 heterocycles. The van der Waals surface area contributed by atoms with Crippen LogP contribution in [0.2, 0.25) is 0 Å². The normalized spacial score (nSPS) is 16.3. The van der Waals surface area contributed by atoms with E-state index in [0.29, 0.717) is 6.42 Å². The van der Waals surface area contributed by atoms with Crippen LogP contribution in [-0.2, 0) is 28.3 Å². The molecule has 1 aromatic rings. The third-order valence-corrected chi connectivity index (χ3v) is 5.06. The molecule has 2 nitrogen and oxygen atoms in total. The molecule has 0 saturated heterocycles. The van der Waals surface area contributed by atoms with E-state index in [1.807, 2.05) is 0 Å². The number of hydrogen-bond donors (Lipinski definition) is 0.